The monoisotopic (exact) mass is 262 g/mol. The van der Waals surface area contributed by atoms with Crippen molar-refractivity contribution in [2.24, 2.45) is 0 Å². The molecule has 0 unspecified atom stereocenters. The number of hydrogen-bond acceptors (Lipinski definition) is 4. The number of hydrogen-bond donors (Lipinski definition) is 1. The first-order valence-corrected chi connectivity index (χ1v) is 5.44. The fourth-order valence-electron chi connectivity index (χ4n) is 1.61. The number of halogens is 1. The molecule has 6 heteroatoms. The molecule has 19 heavy (non-hydrogen) atoms. The molecule has 1 aromatic heterocycles. The van der Waals surface area contributed by atoms with Gasteiger partial charge in [0.2, 0.25) is 0 Å². The molecule has 5 nitrogen and oxygen atoms in total. The van der Waals surface area contributed by atoms with Gasteiger partial charge in [-0.05, 0) is 31.2 Å². The van der Waals surface area contributed by atoms with Crippen molar-refractivity contribution < 1.29 is 19.0 Å². The van der Waals surface area contributed by atoms with E-state index in [0.717, 1.165) is 0 Å². The van der Waals surface area contributed by atoms with E-state index in [4.69, 9.17) is 9.84 Å². The van der Waals surface area contributed by atoms with Gasteiger partial charge in [0.15, 0.2) is 23.1 Å². The van der Waals surface area contributed by atoms with Crippen molar-refractivity contribution in [1.29, 1.82) is 0 Å². The Balaban J connectivity index is 2.52. The highest BCUT2D eigenvalue weighted by atomic mass is 19.1. The molecular formula is C13H11FN2O3. The van der Waals surface area contributed by atoms with Crippen molar-refractivity contribution in [1.82, 2.24) is 9.97 Å². The first kappa shape index (κ1) is 12.9. The molecule has 98 valence electrons. The third kappa shape index (κ3) is 2.67. The predicted molar refractivity (Wildman–Crippen MR) is 65.7 cm³/mol. The van der Waals surface area contributed by atoms with Crippen LogP contribution in [-0.4, -0.2) is 28.2 Å². The van der Waals surface area contributed by atoms with Crippen molar-refractivity contribution in [3.63, 3.8) is 0 Å². The number of benzene rings is 1. The van der Waals surface area contributed by atoms with Gasteiger partial charge in [-0.3, -0.25) is 0 Å². The average molecular weight is 262 g/mol. The number of methoxy groups -OCH3 is 1. The van der Waals surface area contributed by atoms with Crippen LogP contribution >= 0.6 is 0 Å². The summed E-state index contributed by atoms with van der Waals surface area (Å²) in [7, 11) is 1.36. The van der Waals surface area contributed by atoms with Gasteiger partial charge >= 0.3 is 5.97 Å². The molecule has 0 radical (unpaired) electrons. The van der Waals surface area contributed by atoms with Crippen molar-refractivity contribution in [3.8, 4) is 17.1 Å². The predicted octanol–water partition coefficient (Wildman–Crippen LogP) is 2.30. The molecule has 2 rings (SSSR count). The van der Waals surface area contributed by atoms with Gasteiger partial charge in [0.25, 0.3) is 0 Å². The summed E-state index contributed by atoms with van der Waals surface area (Å²) in [4.78, 5) is 18.9. The number of nitrogens with zero attached hydrogens (tertiary/aromatic N) is 2. The molecule has 1 heterocycles. The second kappa shape index (κ2) is 5.01. The van der Waals surface area contributed by atoms with Gasteiger partial charge in [0.1, 0.15) is 0 Å². The highest BCUT2D eigenvalue weighted by molar-refractivity contribution is 5.86. The number of carboxylic acid groups (broad SMARTS) is 1. The largest absolute Gasteiger partial charge is 0.494 e. The van der Waals surface area contributed by atoms with Gasteiger partial charge in [-0.1, -0.05) is 0 Å². The lowest BCUT2D eigenvalue weighted by Gasteiger charge is -2.06. The van der Waals surface area contributed by atoms with Gasteiger partial charge in [0.05, 0.1) is 7.11 Å². The molecule has 2 aromatic rings. The summed E-state index contributed by atoms with van der Waals surface area (Å²) in [6.07, 6.45) is 0. The van der Waals surface area contributed by atoms with Crippen LogP contribution in [0.4, 0.5) is 4.39 Å². The van der Waals surface area contributed by atoms with E-state index >= 15 is 0 Å². The van der Waals surface area contributed by atoms with E-state index in [2.05, 4.69) is 9.97 Å². The van der Waals surface area contributed by atoms with Crippen LogP contribution in [0.15, 0.2) is 24.3 Å². The summed E-state index contributed by atoms with van der Waals surface area (Å²) in [6, 6.07) is 5.57. The minimum atomic E-state index is -1.15. The SMILES string of the molecule is COc1ccc(-c2nc(C)cc(C(=O)O)n2)cc1F. The summed E-state index contributed by atoms with van der Waals surface area (Å²) in [5, 5.41) is 8.93. The first-order chi connectivity index (χ1) is 9.01. The Morgan fingerprint density at radius 3 is 2.63 bits per heavy atom. The number of carboxylic acids is 1. The normalized spacial score (nSPS) is 10.3. The Kier molecular flexibility index (Phi) is 3.41. The minimum absolute atomic E-state index is 0.106. The van der Waals surface area contributed by atoms with E-state index in [1.165, 1.54) is 25.3 Å². The molecule has 0 amide bonds. The number of rotatable bonds is 3. The molecule has 0 atom stereocenters. The maximum atomic E-state index is 13.6. The van der Waals surface area contributed by atoms with Crippen molar-refractivity contribution >= 4 is 5.97 Å². The molecule has 0 aliphatic heterocycles. The number of carbonyl (C=O) groups is 1. The summed E-state index contributed by atoms with van der Waals surface area (Å²) < 4.78 is 18.4. The van der Waals surface area contributed by atoms with Crippen molar-refractivity contribution in [3.05, 3.63) is 41.5 Å². The van der Waals surface area contributed by atoms with E-state index < -0.39 is 11.8 Å². The molecule has 0 fully saturated rings. The van der Waals surface area contributed by atoms with Crippen molar-refractivity contribution in [2.75, 3.05) is 7.11 Å². The van der Waals surface area contributed by atoms with Gasteiger partial charge in [-0.2, -0.15) is 0 Å². The van der Waals surface area contributed by atoms with Crippen LogP contribution in [-0.2, 0) is 0 Å². The standard InChI is InChI=1S/C13H11FN2O3/c1-7-5-10(13(17)18)16-12(15-7)8-3-4-11(19-2)9(14)6-8/h3-6H,1-2H3,(H,17,18). The van der Waals surface area contributed by atoms with Crippen LogP contribution in [0.25, 0.3) is 11.4 Å². The Morgan fingerprint density at radius 2 is 2.05 bits per heavy atom. The van der Waals surface area contributed by atoms with Crippen LogP contribution in [0.1, 0.15) is 16.2 Å². The fourth-order valence-corrected chi connectivity index (χ4v) is 1.61. The topological polar surface area (TPSA) is 72.3 Å². The average Bonchev–Trinajstić information content (AvgIpc) is 2.37. The second-order valence-electron chi connectivity index (χ2n) is 3.87. The van der Waals surface area contributed by atoms with Crippen molar-refractivity contribution in [2.45, 2.75) is 6.92 Å². The second-order valence-corrected chi connectivity index (χ2v) is 3.87. The molecule has 0 aliphatic rings. The van der Waals surface area contributed by atoms with Crippen LogP contribution in [0.5, 0.6) is 5.75 Å². The molecule has 0 bridgehead atoms. The summed E-state index contributed by atoms with van der Waals surface area (Å²) in [5.41, 5.74) is 0.766. The van der Waals surface area contributed by atoms with E-state index in [1.54, 1.807) is 13.0 Å². The molecule has 0 aliphatic carbocycles. The number of aryl methyl sites for hydroxylation is 1. The highest BCUT2D eigenvalue weighted by Gasteiger charge is 2.12. The zero-order valence-corrected chi connectivity index (χ0v) is 10.3. The third-order valence-corrected chi connectivity index (χ3v) is 2.48. The van der Waals surface area contributed by atoms with Gasteiger partial charge in [-0.15, -0.1) is 0 Å². The maximum Gasteiger partial charge on any atom is 0.354 e. The molecular weight excluding hydrogens is 251 g/mol. The fraction of sp³-hybridized carbons (Fsp3) is 0.154. The lowest BCUT2D eigenvalue weighted by atomic mass is 10.2. The highest BCUT2D eigenvalue weighted by Crippen LogP contribution is 2.23. The lowest BCUT2D eigenvalue weighted by Crippen LogP contribution is -2.04. The van der Waals surface area contributed by atoms with E-state index in [-0.39, 0.29) is 17.3 Å². The van der Waals surface area contributed by atoms with Gasteiger partial charge in [0, 0.05) is 11.3 Å². The third-order valence-electron chi connectivity index (χ3n) is 2.48. The molecule has 1 aromatic carbocycles. The summed E-state index contributed by atoms with van der Waals surface area (Å²) >= 11 is 0. The van der Waals surface area contributed by atoms with E-state index in [9.17, 15) is 9.18 Å². The quantitative estimate of drug-likeness (QED) is 0.918. The molecule has 0 saturated carbocycles. The zero-order valence-electron chi connectivity index (χ0n) is 10.3. The van der Waals surface area contributed by atoms with Gasteiger partial charge in [-0.25, -0.2) is 19.2 Å². The first-order valence-electron chi connectivity index (χ1n) is 5.44. The number of ether oxygens (including phenoxy) is 1. The summed E-state index contributed by atoms with van der Waals surface area (Å²) in [6.45, 7) is 1.65. The van der Waals surface area contributed by atoms with Crippen LogP contribution in [0.3, 0.4) is 0 Å². The smallest absolute Gasteiger partial charge is 0.354 e. The van der Waals surface area contributed by atoms with Gasteiger partial charge < -0.3 is 9.84 Å². The van der Waals surface area contributed by atoms with E-state index in [0.29, 0.717) is 11.3 Å². The molecule has 0 saturated heterocycles. The Labute approximate surface area is 108 Å². The van der Waals surface area contributed by atoms with Crippen LogP contribution in [0.2, 0.25) is 0 Å². The Morgan fingerprint density at radius 1 is 1.32 bits per heavy atom. The number of aromatic carboxylic acids is 1. The summed E-state index contributed by atoms with van der Waals surface area (Å²) in [5.74, 6) is -1.43. The molecule has 1 N–H and O–H groups in total. The lowest BCUT2D eigenvalue weighted by molar-refractivity contribution is 0.0690. The van der Waals surface area contributed by atoms with E-state index in [1.807, 2.05) is 0 Å². The van der Waals surface area contributed by atoms with Crippen LogP contribution < -0.4 is 4.74 Å². The number of aromatic nitrogens is 2. The van der Waals surface area contributed by atoms with Crippen LogP contribution in [0, 0.1) is 12.7 Å². The Hall–Kier alpha value is -2.50. The zero-order chi connectivity index (χ0) is 14.0. The Bertz CT molecular complexity index is 644. The minimum Gasteiger partial charge on any atom is -0.494 e. The maximum absolute atomic E-state index is 13.6. The molecule has 0 spiro atoms.